The second-order valence-corrected chi connectivity index (χ2v) is 9.44. The van der Waals surface area contributed by atoms with E-state index in [0.717, 1.165) is 18.9 Å². The lowest BCUT2D eigenvalue weighted by atomic mass is 10.00. The molecule has 0 bridgehead atoms. The molecule has 2 amide bonds. The van der Waals surface area contributed by atoms with Crippen LogP contribution in [0.4, 0.5) is 18.9 Å². The van der Waals surface area contributed by atoms with Crippen molar-refractivity contribution in [3.63, 3.8) is 0 Å². The van der Waals surface area contributed by atoms with Gasteiger partial charge in [0.25, 0.3) is 5.91 Å². The molecule has 3 N–H and O–H groups in total. The predicted molar refractivity (Wildman–Crippen MR) is 136 cm³/mol. The molecule has 1 atom stereocenters. The first-order valence-corrected chi connectivity index (χ1v) is 12.9. The molecule has 0 aliphatic carbocycles. The Morgan fingerprint density at radius 1 is 1.08 bits per heavy atom. The molecule has 0 saturated carbocycles. The number of anilines is 1. The number of amides is 2. The van der Waals surface area contributed by atoms with Crippen LogP contribution in [0.3, 0.4) is 0 Å². The van der Waals surface area contributed by atoms with Gasteiger partial charge in [-0.3, -0.25) is 9.59 Å². The van der Waals surface area contributed by atoms with Gasteiger partial charge in [-0.25, -0.2) is 4.21 Å². The number of hydrogen-bond donors (Lipinski definition) is 3. The SMILES string of the molecule is CCCCNC(=O)Cn1cc(C(=O)Nc2ccc(CS(=O)O)cc2)c(C)c1-c1ccccc1C(F)(F)F. The topological polar surface area (TPSA) is 100 Å². The van der Waals surface area contributed by atoms with E-state index in [1.165, 1.54) is 29.0 Å². The molecule has 1 heterocycles. The molecule has 0 aliphatic rings. The molecule has 3 rings (SSSR count). The molecule has 2 aromatic carbocycles. The highest BCUT2D eigenvalue weighted by atomic mass is 32.2. The number of hydrogen-bond acceptors (Lipinski definition) is 3. The Labute approximate surface area is 215 Å². The van der Waals surface area contributed by atoms with Crippen LogP contribution in [0.5, 0.6) is 0 Å². The van der Waals surface area contributed by atoms with Gasteiger partial charge in [-0.2, -0.15) is 13.2 Å². The summed E-state index contributed by atoms with van der Waals surface area (Å²) in [7, 11) is 0. The summed E-state index contributed by atoms with van der Waals surface area (Å²) in [5, 5.41) is 5.45. The van der Waals surface area contributed by atoms with Crippen molar-refractivity contribution >= 4 is 28.6 Å². The van der Waals surface area contributed by atoms with Gasteiger partial charge in [0.05, 0.1) is 22.6 Å². The molecular formula is C26H28F3N3O4S. The van der Waals surface area contributed by atoms with E-state index in [-0.39, 0.29) is 35.0 Å². The number of benzene rings is 2. The lowest BCUT2D eigenvalue weighted by molar-refractivity contribution is -0.137. The molecule has 37 heavy (non-hydrogen) atoms. The van der Waals surface area contributed by atoms with E-state index < -0.39 is 28.7 Å². The molecular weight excluding hydrogens is 507 g/mol. The lowest BCUT2D eigenvalue weighted by Gasteiger charge is -2.16. The Morgan fingerprint density at radius 2 is 1.76 bits per heavy atom. The zero-order valence-electron chi connectivity index (χ0n) is 20.4. The largest absolute Gasteiger partial charge is 0.417 e. The van der Waals surface area contributed by atoms with E-state index in [1.807, 2.05) is 6.92 Å². The van der Waals surface area contributed by atoms with Gasteiger partial charge in [0.1, 0.15) is 6.54 Å². The van der Waals surface area contributed by atoms with Crippen LogP contribution in [0, 0.1) is 6.92 Å². The summed E-state index contributed by atoms with van der Waals surface area (Å²) in [4.78, 5) is 25.7. The smallest absolute Gasteiger partial charge is 0.355 e. The highest BCUT2D eigenvalue weighted by Gasteiger charge is 2.35. The number of carbonyl (C=O) groups excluding carboxylic acids is 2. The quantitative estimate of drug-likeness (QED) is 0.240. The Balaban J connectivity index is 1.99. The first-order valence-electron chi connectivity index (χ1n) is 11.6. The third-order valence-electron chi connectivity index (χ3n) is 5.73. The van der Waals surface area contributed by atoms with Crippen LogP contribution in [-0.4, -0.2) is 31.7 Å². The standard InChI is InChI=1S/C26H28F3N3O4S/c1-3-4-13-30-23(33)15-32-14-21(25(34)31-19-11-9-18(10-12-19)16-37(35)36)17(2)24(32)20-7-5-6-8-22(20)26(27,28)29/h5-12,14H,3-4,13,15-16H2,1-2H3,(H,30,33)(H,31,34)(H,35,36). The molecule has 0 spiro atoms. The average molecular weight is 536 g/mol. The average Bonchev–Trinajstić information content (AvgIpc) is 3.15. The van der Waals surface area contributed by atoms with E-state index in [9.17, 15) is 27.0 Å². The van der Waals surface area contributed by atoms with Gasteiger partial charge in [-0.05, 0) is 42.7 Å². The van der Waals surface area contributed by atoms with Crippen molar-refractivity contribution in [2.24, 2.45) is 0 Å². The van der Waals surface area contributed by atoms with Crippen molar-refractivity contribution in [2.75, 3.05) is 11.9 Å². The Bertz CT molecular complexity index is 1290. The van der Waals surface area contributed by atoms with E-state index in [4.69, 9.17) is 4.55 Å². The number of nitrogens with zero attached hydrogens (tertiary/aromatic N) is 1. The number of aromatic nitrogens is 1. The van der Waals surface area contributed by atoms with Gasteiger partial charge in [0.15, 0.2) is 11.1 Å². The van der Waals surface area contributed by atoms with Crippen LogP contribution in [0.15, 0.2) is 54.7 Å². The number of rotatable bonds is 10. The second-order valence-electron chi connectivity index (χ2n) is 8.51. The number of nitrogens with one attached hydrogen (secondary N) is 2. The van der Waals surface area contributed by atoms with E-state index in [0.29, 0.717) is 23.4 Å². The van der Waals surface area contributed by atoms with Gasteiger partial charge in [-0.15, -0.1) is 0 Å². The first kappa shape index (κ1) is 28.1. The van der Waals surface area contributed by atoms with Gasteiger partial charge >= 0.3 is 6.18 Å². The van der Waals surface area contributed by atoms with Gasteiger partial charge in [-0.1, -0.05) is 43.7 Å². The maximum absolute atomic E-state index is 13.8. The highest BCUT2D eigenvalue weighted by Crippen LogP contribution is 2.39. The zero-order chi connectivity index (χ0) is 27.2. The molecule has 0 radical (unpaired) electrons. The van der Waals surface area contributed by atoms with Crippen LogP contribution in [0.25, 0.3) is 11.3 Å². The third kappa shape index (κ3) is 7.30. The van der Waals surface area contributed by atoms with E-state index >= 15 is 0 Å². The maximum atomic E-state index is 13.8. The number of carbonyl (C=O) groups is 2. The predicted octanol–water partition coefficient (Wildman–Crippen LogP) is 5.37. The summed E-state index contributed by atoms with van der Waals surface area (Å²) in [6, 6.07) is 11.4. The highest BCUT2D eigenvalue weighted by molar-refractivity contribution is 7.78. The van der Waals surface area contributed by atoms with Crippen molar-refractivity contribution < 1.29 is 31.5 Å². The molecule has 1 unspecified atom stereocenters. The minimum absolute atomic E-state index is 0.0571. The van der Waals surface area contributed by atoms with Gasteiger partial charge < -0.3 is 19.8 Å². The van der Waals surface area contributed by atoms with Gasteiger partial charge in [0, 0.05) is 24.0 Å². The van der Waals surface area contributed by atoms with Crippen LogP contribution in [-0.2, 0) is 34.3 Å². The van der Waals surface area contributed by atoms with Crippen LogP contribution >= 0.6 is 0 Å². The minimum atomic E-state index is -4.63. The first-order chi connectivity index (χ1) is 17.5. The number of halogens is 3. The summed E-state index contributed by atoms with van der Waals surface area (Å²) in [5.74, 6) is -0.997. The van der Waals surface area contributed by atoms with Crippen molar-refractivity contribution in [2.45, 2.75) is 45.2 Å². The van der Waals surface area contributed by atoms with Crippen molar-refractivity contribution in [3.8, 4) is 11.3 Å². The van der Waals surface area contributed by atoms with Crippen molar-refractivity contribution in [3.05, 3.63) is 77.0 Å². The summed E-state index contributed by atoms with van der Waals surface area (Å²) in [6.45, 7) is 3.70. The van der Waals surface area contributed by atoms with Crippen LogP contribution in [0.1, 0.15) is 46.8 Å². The van der Waals surface area contributed by atoms with Crippen molar-refractivity contribution in [1.29, 1.82) is 0 Å². The molecule has 0 saturated heterocycles. The minimum Gasteiger partial charge on any atom is -0.355 e. The maximum Gasteiger partial charge on any atom is 0.417 e. The summed E-state index contributed by atoms with van der Waals surface area (Å²) in [5.41, 5.74) is 0.545. The molecule has 11 heteroatoms. The number of unbranched alkanes of at least 4 members (excludes halogenated alkanes) is 1. The molecule has 7 nitrogen and oxygen atoms in total. The molecule has 1 aromatic heterocycles. The van der Waals surface area contributed by atoms with Crippen LogP contribution in [0.2, 0.25) is 0 Å². The van der Waals surface area contributed by atoms with Crippen LogP contribution < -0.4 is 10.6 Å². The summed E-state index contributed by atoms with van der Waals surface area (Å²) < 4.78 is 62.9. The Hall–Kier alpha value is -3.44. The normalized spacial score (nSPS) is 12.3. The monoisotopic (exact) mass is 535 g/mol. The molecule has 198 valence electrons. The molecule has 3 aromatic rings. The zero-order valence-corrected chi connectivity index (χ0v) is 21.2. The second kappa shape index (κ2) is 12.2. The third-order valence-corrected chi connectivity index (χ3v) is 6.31. The Morgan fingerprint density at radius 3 is 2.38 bits per heavy atom. The van der Waals surface area contributed by atoms with E-state index in [2.05, 4.69) is 10.6 Å². The fourth-order valence-corrected chi connectivity index (χ4v) is 4.43. The Kier molecular flexibility index (Phi) is 9.28. The summed E-state index contributed by atoms with van der Waals surface area (Å²) >= 11 is -2.00. The number of alkyl halides is 3. The summed E-state index contributed by atoms with van der Waals surface area (Å²) in [6.07, 6.45) is -1.61. The fourth-order valence-electron chi connectivity index (χ4n) is 3.95. The lowest BCUT2D eigenvalue weighted by Crippen LogP contribution is -2.28. The van der Waals surface area contributed by atoms with Gasteiger partial charge in [0.2, 0.25) is 5.91 Å². The fraction of sp³-hybridized carbons (Fsp3) is 0.308. The molecule has 0 fully saturated rings. The van der Waals surface area contributed by atoms with E-state index in [1.54, 1.807) is 31.2 Å². The molecule has 0 aliphatic heterocycles. The van der Waals surface area contributed by atoms with Crippen molar-refractivity contribution in [1.82, 2.24) is 9.88 Å².